The molecule has 0 bridgehead atoms. The summed E-state index contributed by atoms with van der Waals surface area (Å²) in [7, 11) is 2.05. The van der Waals surface area contributed by atoms with Crippen LogP contribution in [-0.2, 0) is 0 Å². The molecule has 0 aliphatic heterocycles. The van der Waals surface area contributed by atoms with Crippen molar-refractivity contribution in [3.8, 4) is 0 Å². The molecule has 1 N–H and O–H groups in total. The minimum Gasteiger partial charge on any atom is -0.316 e. The predicted octanol–water partition coefficient (Wildman–Crippen LogP) is 2.36. The first-order valence-electron chi connectivity index (χ1n) is 4.81. The van der Waals surface area contributed by atoms with Crippen molar-refractivity contribution in [3.63, 3.8) is 0 Å². The van der Waals surface area contributed by atoms with E-state index in [2.05, 4.69) is 43.5 Å². The van der Waals surface area contributed by atoms with Crippen LogP contribution in [0.2, 0.25) is 0 Å². The fraction of sp³-hybridized carbons (Fsp3) is 0.636. The third-order valence-corrected chi connectivity index (χ3v) is 2.74. The van der Waals surface area contributed by atoms with Crippen LogP contribution in [0, 0.1) is 11.8 Å². The van der Waals surface area contributed by atoms with Gasteiger partial charge in [-0.2, -0.15) is 0 Å². The Morgan fingerprint density at radius 1 is 1.33 bits per heavy atom. The molecule has 0 amide bonds. The second-order valence-electron chi connectivity index (χ2n) is 3.51. The largest absolute Gasteiger partial charge is 0.316 e. The Hall–Kier alpha value is -0.560. The molecule has 1 nitrogen and oxygen atoms in total. The molecule has 1 aliphatic carbocycles. The Balaban J connectivity index is 2.60. The Bertz CT molecular complexity index is 177. The van der Waals surface area contributed by atoms with Crippen LogP contribution in [0.5, 0.6) is 0 Å². The minimum absolute atomic E-state index is 0.626. The van der Waals surface area contributed by atoms with E-state index in [1.165, 1.54) is 6.42 Å². The second-order valence-corrected chi connectivity index (χ2v) is 3.51. The lowest BCUT2D eigenvalue weighted by molar-refractivity contribution is 0.360. The van der Waals surface area contributed by atoms with E-state index in [1.807, 2.05) is 7.05 Å². The van der Waals surface area contributed by atoms with Crippen LogP contribution in [0.25, 0.3) is 0 Å². The average molecular weight is 165 g/mol. The number of rotatable bonds is 3. The van der Waals surface area contributed by atoms with Gasteiger partial charge in [0.15, 0.2) is 0 Å². The van der Waals surface area contributed by atoms with E-state index >= 15 is 0 Å². The Morgan fingerprint density at radius 2 is 2.00 bits per heavy atom. The monoisotopic (exact) mass is 165 g/mol. The summed E-state index contributed by atoms with van der Waals surface area (Å²) in [6.45, 7) is 4.52. The zero-order chi connectivity index (χ0) is 8.97. The number of nitrogens with one attached hydrogen (secondary N) is 1. The van der Waals surface area contributed by atoms with Gasteiger partial charge in [0.1, 0.15) is 0 Å². The molecule has 0 radical (unpaired) electrons. The van der Waals surface area contributed by atoms with Gasteiger partial charge in [-0.3, -0.25) is 0 Å². The second kappa shape index (κ2) is 4.46. The van der Waals surface area contributed by atoms with Crippen molar-refractivity contribution in [2.24, 2.45) is 11.8 Å². The summed E-state index contributed by atoms with van der Waals surface area (Å²) in [6, 6.07) is 0.626. The molecule has 3 atom stereocenters. The van der Waals surface area contributed by atoms with Crippen molar-refractivity contribution in [3.05, 3.63) is 24.3 Å². The highest BCUT2D eigenvalue weighted by Gasteiger charge is 2.21. The van der Waals surface area contributed by atoms with E-state index < -0.39 is 0 Å². The van der Waals surface area contributed by atoms with Crippen molar-refractivity contribution >= 4 is 0 Å². The summed E-state index contributed by atoms with van der Waals surface area (Å²) in [5, 5.41) is 3.37. The highest BCUT2D eigenvalue weighted by molar-refractivity contribution is 5.15. The topological polar surface area (TPSA) is 12.0 Å². The molecule has 1 heteroatoms. The first-order chi connectivity index (χ1) is 5.79. The van der Waals surface area contributed by atoms with Gasteiger partial charge in [0.25, 0.3) is 0 Å². The minimum atomic E-state index is 0.626. The molecule has 1 aliphatic rings. The van der Waals surface area contributed by atoms with Crippen molar-refractivity contribution < 1.29 is 0 Å². The van der Waals surface area contributed by atoms with Crippen LogP contribution in [-0.4, -0.2) is 13.1 Å². The molecule has 0 saturated carbocycles. The fourth-order valence-electron chi connectivity index (χ4n) is 1.90. The van der Waals surface area contributed by atoms with E-state index in [1.54, 1.807) is 0 Å². The molecule has 1 rings (SSSR count). The Morgan fingerprint density at radius 3 is 2.50 bits per heavy atom. The van der Waals surface area contributed by atoms with Crippen LogP contribution < -0.4 is 5.32 Å². The van der Waals surface area contributed by atoms with Crippen molar-refractivity contribution in [1.82, 2.24) is 5.32 Å². The summed E-state index contributed by atoms with van der Waals surface area (Å²) < 4.78 is 0. The van der Waals surface area contributed by atoms with Gasteiger partial charge in [-0.15, -0.1) is 0 Å². The SMILES string of the molecule is CCC(NC)C1C=CC=CC1C. The lowest BCUT2D eigenvalue weighted by Gasteiger charge is -2.28. The van der Waals surface area contributed by atoms with Gasteiger partial charge in [0.05, 0.1) is 0 Å². The molecule has 0 spiro atoms. The summed E-state index contributed by atoms with van der Waals surface area (Å²) in [6.07, 6.45) is 10.1. The first kappa shape index (κ1) is 9.53. The van der Waals surface area contributed by atoms with Crippen molar-refractivity contribution in [2.75, 3.05) is 7.05 Å². The lowest BCUT2D eigenvalue weighted by atomic mass is 9.83. The molecular weight excluding hydrogens is 146 g/mol. The normalized spacial score (nSPS) is 30.6. The summed E-state index contributed by atoms with van der Waals surface area (Å²) in [5.74, 6) is 1.34. The molecule has 0 aromatic carbocycles. The molecule has 68 valence electrons. The summed E-state index contributed by atoms with van der Waals surface area (Å²) in [5.41, 5.74) is 0. The van der Waals surface area contributed by atoms with Gasteiger partial charge in [-0.1, -0.05) is 38.2 Å². The predicted molar refractivity (Wildman–Crippen MR) is 54.1 cm³/mol. The number of hydrogen-bond donors (Lipinski definition) is 1. The quantitative estimate of drug-likeness (QED) is 0.677. The van der Waals surface area contributed by atoms with Crippen molar-refractivity contribution in [1.29, 1.82) is 0 Å². The zero-order valence-corrected chi connectivity index (χ0v) is 8.25. The molecule has 0 aromatic heterocycles. The lowest BCUT2D eigenvalue weighted by Crippen LogP contribution is -2.35. The van der Waals surface area contributed by atoms with Crippen LogP contribution in [0.15, 0.2) is 24.3 Å². The first-order valence-corrected chi connectivity index (χ1v) is 4.81. The fourth-order valence-corrected chi connectivity index (χ4v) is 1.90. The molecule has 0 aromatic rings. The smallest absolute Gasteiger partial charge is 0.0130 e. The van der Waals surface area contributed by atoms with E-state index in [0.717, 1.165) is 0 Å². The van der Waals surface area contributed by atoms with Crippen LogP contribution in [0.4, 0.5) is 0 Å². The van der Waals surface area contributed by atoms with E-state index in [-0.39, 0.29) is 0 Å². The molecule has 0 heterocycles. The standard InChI is InChI=1S/C11H19N/c1-4-11(12-3)10-8-6-5-7-9(10)2/h5-12H,4H2,1-3H3. The van der Waals surface area contributed by atoms with E-state index in [0.29, 0.717) is 17.9 Å². The van der Waals surface area contributed by atoms with Crippen molar-refractivity contribution in [2.45, 2.75) is 26.3 Å². The third kappa shape index (κ3) is 1.98. The Labute approximate surface area is 75.6 Å². The molecular formula is C11H19N. The highest BCUT2D eigenvalue weighted by atomic mass is 14.9. The maximum Gasteiger partial charge on any atom is 0.0130 e. The van der Waals surface area contributed by atoms with Crippen LogP contribution in [0.3, 0.4) is 0 Å². The van der Waals surface area contributed by atoms with Gasteiger partial charge in [0, 0.05) is 6.04 Å². The molecule has 3 unspecified atom stereocenters. The molecule has 12 heavy (non-hydrogen) atoms. The number of hydrogen-bond acceptors (Lipinski definition) is 1. The molecule has 0 fully saturated rings. The summed E-state index contributed by atoms with van der Waals surface area (Å²) >= 11 is 0. The van der Waals surface area contributed by atoms with Gasteiger partial charge in [-0.05, 0) is 25.3 Å². The van der Waals surface area contributed by atoms with E-state index in [4.69, 9.17) is 0 Å². The maximum atomic E-state index is 3.37. The average Bonchev–Trinajstić information content (AvgIpc) is 2.10. The van der Waals surface area contributed by atoms with Crippen LogP contribution >= 0.6 is 0 Å². The van der Waals surface area contributed by atoms with Gasteiger partial charge < -0.3 is 5.32 Å². The maximum absolute atomic E-state index is 3.37. The summed E-state index contributed by atoms with van der Waals surface area (Å²) in [4.78, 5) is 0. The number of allylic oxidation sites excluding steroid dienone is 3. The zero-order valence-electron chi connectivity index (χ0n) is 8.25. The van der Waals surface area contributed by atoms with Gasteiger partial charge in [-0.25, -0.2) is 0 Å². The van der Waals surface area contributed by atoms with Gasteiger partial charge >= 0.3 is 0 Å². The highest BCUT2D eigenvalue weighted by Crippen LogP contribution is 2.23. The van der Waals surface area contributed by atoms with Gasteiger partial charge in [0.2, 0.25) is 0 Å². The van der Waals surface area contributed by atoms with E-state index in [9.17, 15) is 0 Å². The Kier molecular flexibility index (Phi) is 3.54. The van der Waals surface area contributed by atoms with Crippen LogP contribution in [0.1, 0.15) is 20.3 Å². The third-order valence-electron chi connectivity index (χ3n) is 2.74. The molecule has 0 saturated heterocycles.